The lowest BCUT2D eigenvalue weighted by Gasteiger charge is -2.50. The van der Waals surface area contributed by atoms with Crippen LogP contribution >= 0.6 is 0 Å². The van der Waals surface area contributed by atoms with E-state index >= 15 is 0 Å². The summed E-state index contributed by atoms with van der Waals surface area (Å²) in [6.45, 7) is 17.1. The van der Waals surface area contributed by atoms with Gasteiger partial charge in [0.25, 0.3) is 0 Å². The highest BCUT2D eigenvalue weighted by molar-refractivity contribution is 6.74. The van der Waals surface area contributed by atoms with Gasteiger partial charge in [-0.25, -0.2) is 0 Å². The Hall–Kier alpha value is -1.17. The molecule has 2 heterocycles. The molecule has 2 saturated heterocycles. The molecule has 2 aliphatic heterocycles. The molecule has 0 spiro atoms. The topological polar surface area (TPSA) is 38.8 Å². The monoisotopic (exact) mass is 445 g/mol. The van der Waals surface area contributed by atoms with Crippen LogP contribution in [-0.2, 0) is 14.0 Å². The van der Waals surface area contributed by atoms with E-state index in [2.05, 4.69) is 76.9 Å². The van der Waals surface area contributed by atoms with E-state index in [1.54, 1.807) is 0 Å². The molecule has 3 rings (SSSR count). The highest BCUT2D eigenvalue weighted by Crippen LogP contribution is 2.52. The zero-order valence-corrected chi connectivity index (χ0v) is 21.8. The van der Waals surface area contributed by atoms with Gasteiger partial charge in [-0.2, -0.15) is 0 Å². The number of hydrogen-bond acceptors (Lipinski definition) is 3. The van der Waals surface area contributed by atoms with Crippen LogP contribution in [0.4, 0.5) is 0 Å². The Morgan fingerprint density at radius 3 is 2.35 bits per heavy atom. The average molecular weight is 446 g/mol. The Labute approximate surface area is 190 Å². The maximum atomic E-state index is 13.9. The maximum absolute atomic E-state index is 13.9. The number of carbonyl (C=O) groups excluding carboxylic acids is 1. The van der Waals surface area contributed by atoms with Gasteiger partial charge in [-0.15, -0.1) is 0 Å². The Balaban J connectivity index is 1.80. The van der Waals surface area contributed by atoms with Crippen molar-refractivity contribution in [3.63, 3.8) is 0 Å². The summed E-state index contributed by atoms with van der Waals surface area (Å²) in [4.78, 5) is 16.1. The van der Waals surface area contributed by atoms with Crippen LogP contribution in [0, 0.1) is 5.41 Å². The molecule has 1 amide bonds. The van der Waals surface area contributed by atoms with Gasteiger partial charge in [0, 0.05) is 12.0 Å². The SMILES string of the molecule is CCC1(CC)CC[C@]2(CCCO[Si](C)(C)C(C)(C)C)OC[C@@H](c3ccccc3)N2C1=O. The molecule has 0 saturated carbocycles. The third-order valence-corrected chi connectivity index (χ3v) is 13.0. The first-order chi connectivity index (χ1) is 14.5. The third-order valence-electron chi connectivity index (χ3n) is 8.45. The first-order valence-corrected chi connectivity index (χ1v) is 15.1. The summed E-state index contributed by atoms with van der Waals surface area (Å²) in [6, 6.07) is 10.4. The molecule has 2 atom stereocenters. The third kappa shape index (κ3) is 4.51. The molecule has 1 aromatic carbocycles. The summed E-state index contributed by atoms with van der Waals surface area (Å²) in [6.07, 6.45) is 5.39. The number of fused-ring (bicyclic) bond motifs is 1. The number of piperidine rings is 1. The molecule has 0 aliphatic carbocycles. The van der Waals surface area contributed by atoms with Crippen LogP contribution in [-0.4, -0.2) is 38.1 Å². The predicted octanol–water partition coefficient (Wildman–Crippen LogP) is 6.69. The van der Waals surface area contributed by atoms with E-state index in [1.807, 2.05) is 6.07 Å². The number of carbonyl (C=O) groups is 1. The van der Waals surface area contributed by atoms with Gasteiger partial charge in [-0.1, -0.05) is 65.0 Å². The summed E-state index contributed by atoms with van der Waals surface area (Å²) >= 11 is 0. The first kappa shape index (κ1) is 24.5. The van der Waals surface area contributed by atoms with Crippen LogP contribution in [0.5, 0.6) is 0 Å². The van der Waals surface area contributed by atoms with Gasteiger partial charge in [0.05, 0.1) is 12.6 Å². The summed E-state index contributed by atoms with van der Waals surface area (Å²) in [7, 11) is -1.76. The van der Waals surface area contributed by atoms with Gasteiger partial charge >= 0.3 is 0 Å². The fourth-order valence-corrected chi connectivity index (χ4v) is 6.10. The Morgan fingerprint density at radius 2 is 1.77 bits per heavy atom. The average Bonchev–Trinajstić information content (AvgIpc) is 3.12. The van der Waals surface area contributed by atoms with Gasteiger partial charge in [-0.05, 0) is 62.2 Å². The van der Waals surface area contributed by atoms with Crippen molar-refractivity contribution in [3.05, 3.63) is 35.9 Å². The molecular weight excluding hydrogens is 402 g/mol. The Bertz CT molecular complexity index is 754. The molecule has 174 valence electrons. The van der Waals surface area contributed by atoms with Crippen LogP contribution in [0.2, 0.25) is 18.1 Å². The van der Waals surface area contributed by atoms with Crippen LogP contribution < -0.4 is 0 Å². The molecule has 0 bridgehead atoms. The lowest BCUT2D eigenvalue weighted by atomic mass is 9.71. The van der Waals surface area contributed by atoms with E-state index in [-0.39, 0.29) is 16.5 Å². The summed E-state index contributed by atoms with van der Waals surface area (Å²) in [5.74, 6) is 0.292. The summed E-state index contributed by atoms with van der Waals surface area (Å²) < 4.78 is 13.0. The minimum absolute atomic E-state index is 0.00721. The molecule has 31 heavy (non-hydrogen) atoms. The smallest absolute Gasteiger partial charge is 0.231 e. The zero-order chi connectivity index (χ0) is 22.9. The zero-order valence-electron chi connectivity index (χ0n) is 20.8. The van der Waals surface area contributed by atoms with Crippen molar-refractivity contribution in [2.45, 2.75) is 103 Å². The number of amides is 1. The normalized spacial score (nSPS) is 26.2. The van der Waals surface area contributed by atoms with Crippen molar-refractivity contribution in [2.24, 2.45) is 5.41 Å². The molecule has 0 radical (unpaired) electrons. The van der Waals surface area contributed by atoms with E-state index in [1.165, 1.54) is 5.56 Å². The molecule has 2 fully saturated rings. The standard InChI is InChI=1S/C26H43NO3Si/c1-8-25(9-2)17-18-26(16-13-19-30-31(6,7)24(3,4)5)27(23(25)28)22(20-29-26)21-14-11-10-12-15-21/h10-12,14-15,22H,8-9,13,16-20H2,1-7H3/t22-,26-/m0/s1. The molecule has 2 aliphatic rings. The number of hydrogen-bond donors (Lipinski definition) is 0. The number of ether oxygens (including phenoxy) is 1. The molecule has 0 unspecified atom stereocenters. The van der Waals surface area contributed by atoms with E-state index < -0.39 is 14.0 Å². The number of rotatable bonds is 8. The lowest BCUT2D eigenvalue weighted by Crippen LogP contribution is -2.59. The second kappa shape index (κ2) is 8.99. The quantitative estimate of drug-likeness (QED) is 0.331. The van der Waals surface area contributed by atoms with Crippen molar-refractivity contribution >= 4 is 14.2 Å². The van der Waals surface area contributed by atoms with E-state index in [0.29, 0.717) is 12.5 Å². The van der Waals surface area contributed by atoms with E-state index in [0.717, 1.165) is 45.1 Å². The summed E-state index contributed by atoms with van der Waals surface area (Å²) in [5, 5.41) is 0.211. The highest BCUT2D eigenvalue weighted by atomic mass is 28.4. The van der Waals surface area contributed by atoms with Crippen molar-refractivity contribution in [1.82, 2.24) is 4.90 Å². The molecule has 0 aromatic heterocycles. The van der Waals surface area contributed by atoms with Crippen molar-refractivity contribution < 1.29 is 14.0 Å². The fourth-order valence-electron chi connectivity index (χ4n) is 5.01. The first-order valence-electron chi connectivity index (χ1n) is 12.2. The minimum Gasteiger partial charge on any atom is -0.417 e. The van der Waals surface area contributed by atoms with Gasteiger partial charge < -0.3 is 14.1 Å². The van der Waals surface area contributed by atoms with Crippen LogP contribution in [0.15, 0.2) is 30.3 Å². The molecular formula is C26H43NO3Si. The van der Waals surface area contributed by atoms with Gasteiger partial charge in [0.2, 0.25) is 5.91 Å². The van der Waals surface area contributed by atoms with Gasteiger partial charge in [0.1, 0.15) is 5.72 Å². The van der Waals surface area contributed by atoms with Crippen molar-refractivity contribution in [3.8, 4) is 0 Å². The van der Waals surface area contributed by atoms with E-state index in [4.69, 9.17) is 9.16 Å². The maximum Gasteiger partial charge on any atom is 0.231 e. The van der Waals surface area contributed by atoms with Gasteiger partial charge in [-0.3, -0.25) is 4.79 Å². The second-order valence-corrected chi connectivity index (χ2v) is 15.9. The van der Waals surface area contributed by atoms with Crippen molar-refractivity contribution in [1.29, 1.82) is 0 Å². The van der Waals surface area contributed by atoms with Crippen LogP contribution in [0.3, 0.4) is 0 Å². The summed E-state index contributed by atoms with van der Waals surface area (Å²) in [5.41, 5.74) is 0.447. The molecule has 4 nitrogen and oxygen atoms in total. The largest absolute Gasteiger partial charge is 0.417 e. The van der Waals surface area contributed by atoms with Gasteiger partial charge in [0.15, 0.2) is 8.32 Å². The Morgan fingerprint density at radius 1 is 1.13 bits per heavy atom. The van der Waals surface area contributed by atoms with E-state index in [9.17, 15) is 4.79 Å². The van der Waals surface area contributed by atoms with Crippen LogP contribution in [0.25, 0.3) is 0 Å². The van der Waals surface area contributed by atoms with Crippen LogP contribution in [0.1, 0.15) is 84.7 Å². The highest BCUT2D eigenvalue weighted by Gasteiger charge is 2.58. The molecule has 5 heteroatoms. The van der Waals surface area contributed by atoms with Crippen molar-refractivity contribution in [2.75, 3.05) is 13.2 Å². The lowest BCUT2D eigenvalue weighted by molar-refractivity contribution is -0.181. The Kier molecular flexibility index (Phi) is 7.10. The molecule has 0 N–H and O–H groups in total. The minimum atomic E-state index is -1.76. The second-order valence-electron chi connectivity index (χ2n) is 11.1. The fraction of sp³-hybridized carbons (Fsp3) is 0.731. The number of nitrogens with zero attached hydrogens (tertiary/aromatic N) is 1. The predicted molar refractivity (Wildman–Crippen MR) is 129 cm³/mol. The molecule has 1 aromatic rings. The number of benzene rings is 1.